The van der Waals surface area contributed by atoms with E-state index < -0.39 is 10.0 Å². The fraction of sp³-hybridized carbons (Fsp3) is 0.296. The molecule has 1 atom stereocenters. The Kier molecular flexibility index (Phi) is 8.81. The topological polar surface area (TPSA) is 75.7 Å². The number of benzene rings is 3. The molecule has 3 aromatic carbocycles. The minimum absolute atomic E-state index is 0.162. The number of sulfonamides is 1. The largest absolute Gasteiger partial charge is 0.497 e. The van der Waals surface area contributed by atoms with E-state index in [1.807, 2.05) is 24.3 Å². The Bertz CT molecular complexity index is 1230. The van der Waals surface area contributed by atoms with Crippen molar-refractivity contribution in [1.82, 2.24) is 5.32 Å². The van der Waals surface area contributed by atoms with Crippen LogP contribution in [0, 0.1) is 5.92 Å². The van der Waals surface area contributed by atoms with E-state index in [2.05, 4.69) is 19.2 Å². The molecule has 186 valence electrons. The number of carbonyl (C=O) groups is 1. The van der Waals surface area contributed by atoms with Crippen molar-refractivity contribution >= 4 is 33.2 Å². The molecule has 0 radical (unpaired) electrons. The lowest BCUT2D eigenvalue weighted by molar-refractivity contribution is 0.0932. The van der Waals surface area contributed by atoms with Gasteiger partial charge in [-0.25, -0.2) is 8.42 Å². The van der Waals surface area contributed by atoms with Gasteiger partial charge in [-0.1, -0.05) is 49.7 Å². The molecular weight excluding hydrogens is 484 g/mol. The van der Waals surface area contributed by atoms with Gasteiger partial charge in [0.25, 0.3) is 5.91 Å². The molecule has 0 saturated carbocycles. The fourth-order valence-electron chi connectivity index (χ4n) is 3.76. The first-order valence-corrected chi connectivity index (χ1v) is 13.6. The molecule has 0 spiro atoms. The zero-order valence-corrected chi connectivity index (χ0v) is 21.9. The average Bonchev–Trinajstić information content (AvgIpc) is 2.82. The lowest BCUT2D eigenvalue weighted by atomic mass is 9.96. The van der Waals surface area contributed by atoms with Crippen LogP contribution in [0.1, 0.15) is 47.8 Å². The molecule has 3 aromatic rings. The maximum atomic E-state index is 13.1. The summed E-state index contributed by atoms with van der Waals surface area (Å²) in [4.78, 5) is 13.1. The first-order chi connectivity index (χ1) is 16.6. The summed E-state index contributed by atoms with van der Waals surface area (Å²) in [7, 11) is -1.93. The van der Waals surface area contributed by atoms with E-state index >= 15 is 0 Å². The van der Waals surface area contributed by atoms with Crippen molar-refractivity contribution in [3.8, 4) is 5.75 Å². The van der Waals surface area contributed by atoms with Crippen LogP contribution < -0.4 is 14.4 Å². The Morgan fingerprint density at radius 2 is 1.57 bits per heavy atom. The molecule has 0 aliphatic carbocycles. The number of hydrogen-bond donors (Lipinski definition) is 1. The molecule has 0 fully saturated rings. The number of anilines is 1. The van der Waals surface area contributed by atoms with Gasteiger partial charge in [0.15, 0.2) is 0 Å². The molecule has 3 rings (SSSR count). The lowest BCUT2D eigenvalue weighted by Gasteiger charge is -2.23. The van der Waals surface area contributed by atoms with Gasteiger partial charge in [0.1, 0.15) is 5.75 Å². The van der Waals surface area contributed by atoms with Crippen LogP contribution in [-0.2, 0) is 16.6 Å². The van der Waals surface area contributed by atoms with Gasteiger partial charge in [-0.3, -0.25) is 9.10 Å². The molecule has 0 aliphatic rings. The molecule has 0 saturated heterocycles. The summed E-state index contributed by atoms with van der Waals surface area (Å²) in [5.74, 6) is 0.913. The number of hydrogen-bond acceptors (Lipinski definition) is 4. The maximum absolute atomic E-state index is 13.1. The highest BCUT2D eigenvalue weighted by atomic mass is 35.5. The van der Waals surface area contributed by atoms with Crippen LogP contribution in [0.15, 0.2) is 72.8 Å². The Labute approximate surface area is 212 Å². The summed E-state index contributed by atoms with van der Waals surface area (Å²) < 4.78 is 31.5. The first-order valence-electron chi connectivity index (χ1n) is 11.3. The third-order valence-electron chi connectivity index (χ3n) is 5.59. The summed E-state index contributed by atoms with van der Waals surface area (Å²) in [5, 5.41) is 3.70. The third kappa shape index (κ3) is 7.47. The van der Waals surface area contributed by atoms with Crippen LogP contribution in [0.25, 0.3) is 0 Å². The molecule has 35 heavy (non-hydrogen) atoms. The molecule has 0 unspecified atom stereocenters. The third-order valence-corrected chi connectivity index (χ3v) is 6.98. The van der Waals surface area contributed by atoms with E-state index in [-0.39, 0.29) is 18.5 Å². The molecule has 8 heteroatoms. The second-order valence-corrected chi connectivity index (χ2v) is 11.2. The maximum Gasteiger partial charge on any atom is 0.251 e. The number of methoxy groups -OCH3 is 1. The molecular formula is C27H31ClN2O4S. The summed E-state index contributed by atoms with van der Waals surface area (Å²) in [6.07, 6.45) is 1.94. The monoisotopic (exact) mass is 514 g/mol. The van der Waals surface area contributed by atoms with E-state index in [1.54, 1.807) is 55.6 Å². The van der Waals surface area contributed by atoms with Gasteiger partial charge < -0.3 is 10.1 Å². The van der Waals surface area contributed by atoms with Crippen molar-refractivity contribution in [2.45, 2.75) is 32.9 Å². The highest BCUT2D eigenvalue weighted by Crippen LogP contribution is 2.25. The van der Waals surface area contributed by atoms with Gasteiger partial charge >= 0.3 is 0 Å². The number of amides is 1. The van der Waals surface area contributed by atoms with Gasteiger partial charge in [-0.15, -0.1) is 0 Å². The van der Waals surface area contributed by atoms with Crippen LogP contribution in [0.5, 0.6) is 5.75 Å². The minimum Gasteiger partial charge on any atom is -0.497 e. The number of nitrogens with zero attached hydrogens (tertiary/aromatic N) is 1. The normalized spacial score (nSPS) is 12.3. The molecule has 1 N–H and O–H groups in total. The molecule has 0 aromatic heterocycles. The van der Waals surface area contributed by atoms with Crippen LogP contribution in [0.3, 0.4) is 0 Å². The molecule has 6 nitrogen and oxygen atoms in total. The summed E-state index contributed by atoms with van der Waals surface area (Å²) in [6, 6.07) is 21.1. The summed E-state index contributed by atoms with van der Waals surface area (Å²) in [6.45, 7) is 4.38. The highest BCUT2D eigenvalue weighted by Gasteiger charge is 2.20. The van der Waals surface area contributed by atoms with Crippen molar-refractivity contribution in [1.29, 1.82) is 0 Å². The fourth-order valence-corrected chi connectivity index (χ4v) is 4.78. The quantitative estimate of drug-likeness (QED) is 0.369. The Morgan fingerprint density at radius 1 is 0.971 bits per heavy atom. The lowest BCUT2D eigenvalue weighted by Crippen LogP contribution is -2.30. The Balaban J connectivity index is 1.79. The van der Waals surface area contributed by atoms with E-state index in [9.17, 15) is 13.2 Å². The molecule has 0 aliphatic heterocycles. The number of rotatable bonds is 10. The molecule has 0 heterocycles. The first kappa shape index (κ1) is 26.6. The van der Waals surface area contributed by atoms with E-state index in [4.69, 9.17) is 16.3 Å². The van der Waals surface area contributed by atoms with Gasteiger partial charge in [0.2, 0.25) is 10.0 Å². The van der Waals surface area contributed by atoms with E-state index in [1.165, 1.54) is 4.31 Å². The average molecular weight is 515 g/mol. The molecule has 1 amide bonds. The van der Waals surface area contributed by atoms with Gasteiger partial charge in [-0.2, -0.15) is 0 Å². The predicted molar refractivity (Wildman–Crippen MR) is 142 cm³/mol. The van der Waals surface area contributed by atoms with Crippen molar-refractivity contribution < 1.29 is 17.9 Å². The number of nitrogens with one attached hydrogen (secondary N) is 1. The number of halogens is 1. The van der Waals surface area contributed by atoms with Gasteiger partial charge in [0.05, 0.1) is 31.6 Å². The zero-order valence-electron chi connectivity index (χ0n) is 20.4. The Hall–Kier alpha value is -3.03. The van der Waals surface area contributed by atoms with E-state index in [0.717, 1.165) is 29.6 Å². The van der Waals surface area contributed by atoms with Crippen molar-refractivity contribution in [2.75, 3.05) is 17.7 Å². The Morgan fingerprint density at radius 3 is 2.09 bits per heavy atom. The van der Waals surface area contributed by atoms with Crippen molar-refractivity contribution in [3.05, 3.63) is 94.5 Å². The predicted octanol–water partition coefficient (Wildman–Crippen LogP) is 5.83. The number of carbonyl (C=O) groups excluding carboxylic acids is 1. The van der Waals surface area contributed by atoms with Crippen molar-refractivity contribution in [2.24, 2.45) is 5.92 Å². The summed E-state index contributed by atoms with van der Waals surface area (Å²) >= 11 is 5.94. The zero-order chi connectivity index (χ0) is 25.6. The van der Waals surface area contributed by atoms with Crippen LogP contribution in [0.2, 0.25) is 5.02 Å². The van der Waals surface area contributed by atoms with Crippen LogP contribution in [0.4, 0.5) is 5.69 Å². The van der Waals surface area contributed by atoms with E-state index in [0.29, 0.717) is 22.2 Å². The van der Waals surface area contributed by atoms with Gasteiger partial charge in [0, 0.05) is 10.6 Å². The SMILES string of the molecule is COc1ccc([C@@H](CC(C)C)NC(=O)c2ccc(N(Cc3ccc(Cl)cc3)S(C)(=O)=O)cc2)cc1. The summed E-state index contributed by atoms with van der Waals surface area (Å²) in [5.41, 5.74) is 2.73. The standard InChI is InChI=1S/C27H31ClN2O4S/c1-19(2)17-26(21-9-15-25(34-3)16-10-21)29-27(31)22-7-13-24(14-8-22)30(35(4,32)33)18-20-5-11-23(28)12-6-20/h5-16,19,26H,17-18H2,1-4H3,(H,29,31)/t26-/m1/s1. The minimum atomic E-state index is -3.54. The van der Waals surface area contributed by atoms with Crippen LogP contribution in [-0.4, -0.2) is 27.7 Å². The smallest absolute Gasteiger partial charge is 0.251 e. The second kappa shape index (κ2) is 11.6. The number of ether oxygens (including phenoxy) is 1. The van der Waals surface area contributed by atoms with Gasteiger partial charge in [-0.05, 0) is 72.0 Å². The highest BCUT2D eigenvalue weighted by molar-refractivity contribution is 7.92. The second-order valence-electron chi connectivity index (χ2n) is 8.87. The molecule has 0 bridgehead atoms. The van der Waals surface area contributed by atoms with Crippen molar-refractivity contribution in [3.63, 3.8) is 0 Å². The van der Waals surface area contributed by atoms with Crippen LogP contribution >= 0.6 is 11.6 Å².